The maximum atomic E-state index is 12.9. The van der Waals surface area contributed by atoms with Crippen molar-refractivity contribution in [3.8, 4) is 0 Å². The van der Waals surface area contributed by atoms with Gasteiger partial charge in [-0.2, -0.15) is 0 Å². The lowest BCUT2D eigenvalue weighted by atomic mass is 9.76. The molecule has 0 spiro atoms. The molecule has 4 heterocycles. The molecular weight excluding hydrogens is 380 g/mol. The van der Waals surface area contributed by atoms with Crippen molar-refractivity contribution in [1.29, 1.82) is 0 Å². The molecule has 2 amide bonds. The van der Waals surface area contributed by atoms with Crippen LogP contribution in [0.5, 0.6) is 0 Å². The Kier molecular flexibility index (Phi) is 4.65. The van der Waals surface area contributed by atoms with Crippen LogP contribution in [0.2, 0.25) is 0 Å². The van der Waals surface area contributed by atoms with Crippen LogP contribution in [-0.2, 0) is 6.42 Å². The molecule has 3 aromatic rings. The van der Waals surface area contributed by atoms with Gasteiger partial charge in [0.05, 0.1) is 6.26 Å². The highest BCUT2D eigenvalue weighted by atomic mass is 16.3. The number of furan rings is 1. The number of hydrogen-bond donors (Lipinski definition) is 1. The Morgan fingerprint density at radius 3 is 2.50 bits per heavy atom. The third-order valence-electron chi connectivity index (χ3n) is 6.52. The van der Waals surface area contributed by atoms with Gasteiger partial charge in [-0.15, -0.1) is 0 Å². The van der Waals surface area contributed by atoms with E-state index in [1.807, 2.05) is 28.0 Å². The number of imidazole rings is 1. The summed E-state index contributed by atoms with van der Waals surface area (Å²) < 4.78 is 5.33. The molecule has 2 atom stereocenters. The summed E-state index contributed by atoms with van der Waals surface area (Å²) in [5.41, 5.74) is 1.15. The van der Waals surface area contributed by atoms with Crippen LogP contribution in [0.25, 0.3) is 0 Å². The molecule has 2 aliphatic rings. The van der Waals surface area contributed by atoms with Gasteiger partial charge < -0.3 is 19.2 Å². The second kappa shape index (κ2) is 7.48. The van der Waals surface area contributed by atoms with Crippen LogP contribution in [0.3, 0.4) is 0 Å². The zero-order chi connectivity index (χ0) is 20.6. The molecule has 30 heavy (non-hydrogen) atoms. The first-order valence-corrected chi connectivity index (χ1v) is 10.3. The Balaban J connectivity index is 1.37. The summed E-state index contributed by atoms with van der Waals surface area (Å²) in [7, 11) is 0. The van der Waals surface area contributed by atoms with E-state index in [9.17, 15) is 9.59 Å². The van der Waals surface area contributed by atoms with Crippen molar-refractivity contribution >= 4 is 11.8 Å². The fourth-order valence-corrected chi connectivity index (χ4v) is 4.97. The minimum atomic E-state index is -0.125. The predicted octanol–water partition coefficient (Wildman–Crippen LogP) is 2.85. The quantitative estimate of drug-likeness (QED) is 0.709. The van der Waals surface area contributed by atoms with Gasteiger partial charge >= 0.3 is 0 Å². The van der Waals surface area contributed by atoms with Crippen LogP contribution in [0, 0.1) is 11.3 Å². The predicted molar refractivity (Wildman–Crippen MR) is 110 cm³/mol. The maximum Gasteiger partial charge on any atom is 0.289 e. The number of fused-ring (bicyclic) bond motifs is 1. The largest absolute Gasteiger partial charge is 0.459 e. The van der Waals surface area contributed by atoms with E-state index >= 15 is 0 Å². The van der Waals surface area contributed by atoms with Crippen molar-refractivity contribution < 1.29 is 14.0 Å². The van der Waals surface area contributed by atoms with E-state index in [-0.39, 0.29) is 23.1 Å². The van der Waals surface area contributed by atoms with E-state index in [1.165, 1.54) is 11.8 Å². The lowest BCUT2D eigenvalue weighted by Crippen LogP contribution is -2.39. The monoisotopic (exact) mass is 404 g/mol. The molecule has 2 fully saturated rings. The first kappa shape index (κ1) is 18.7. The first-order valence-electron chi connectivity index (χ1n) is 10.3. The van der Waals surface area contributed by atoms with E-state index in [2.05, 4.69) is 22.1 Å². The summed E-state index contributed by atoms with van der Waals surface area (Å²) in [6.07, 6.45) is 6.63. The van der Waals surface area contributed by atoms with Crippen molar-refractivity contribution in [1.82, 2.24) is 19.8 Å². The zero-order valence-corrected chi connectivity index (χ0v) is 16.7. The molecule has 0 radical (unpaired) electrons. The van der Waals surface area contributed by atoms with Gasteiger partial charge in [-0.1, -0.05) is 30.3 Å². The third-order valence-corrected chi connectivity index (χ3v) is 6.52. The number of likely N-dealkylation sites (tertiary alicyclic amines) is 2. The number of hydrogen-bond acceptors (Lipinski definition) is 4. The smallest absolute Gasteiger partial charge is 0.289 e. The normalized spacial score (nSPS) is 23.0. The topological polar surface area (TPSA) is 82.4 Å². The number of benzene rings is 1. The number of carbonyl (C=O) groups excluding carboxylic acids is 2. The number of amides is 2. The molecule has 0 unspecified atom stereocenters. The maximum absolute atomic E-state index is 12.9. The summed E-state index contributed by atoms with van der Waals surface area (Å²) in [4.78, 5) is 36.6. The van der Waals surface area contributed by atoms with Gasteiger partial charge in [0, 0.05) is 49.9 Å². The van der Waals surface area contributed by atoms with E-state index in [0.29, 0.717) is 37.8 Å². The van der Waals surface area contributed by atoms with Crippen molar-refractivity contribution in [3.05, 3.63) is 78.3 Å². The molecule has 2 saturated heterocycles. The van der Waals surface area contributed by atoms with Crippen LogP contribution in [-0.4, -0.2) is 57.8 Å². The van der Waals surface area contributed by atoms with Gasteiger partial charge in [0.2, 0.25) is 0 Å². The number of aryl methyl sites for hydroxylation is 1. The molecule has 2 aromatic heterocycles. The van der Waals surface area contributed by atoms with Crippen LogP contribution in [0.4, 0.5) is 0 Å². The van der Waals surface area contributed by atoms with Crippen LogP contribution in [0.15, 0.2) is 65.5 Å². The summed E-state index contributed by atoms with van der Waals surface area (Å²) in [6.45, 7) is 2.53. The average Bonchev–Trinajstić information content (AvgIpc) is 3.56. The van der Waals surface area contributed by atoms with Crippen molar-refractivity contribution in [2.24, 2.45) is 11.3 Å². The summed E-state index contributed by atoms with van der Waals surface area (Å²) in [5, 5.41) is 0. The van der Waals surface area contributed by atoms with Gasteiger partial charge in [0.25, 0.3) is 11.8 Å². The SMILES string of the molecule is O=C(c1ncc[nH]1)N1C[C@H]2CN(C(=O)c3ccco3)C[C@@]2(CCc2ccccc2)C1. The van der Waals surface area contributed by atoms with Crippen molar-refractivity contribution in [2.45, 2.75) is 12.8 Å². The molecule has 7 heteroatoms. The van der Waals surface area contributed by atoms with Gasteiger partial charge in [0.15, 0.2) is 11.6 Å². The van der Waals surface area contributed by atoms with E-state index in [0.717, 1.165) is 12.8 Å². The van der Waals surface area contributed by atoms with Crippen LogP contribution >= 0.6 is 0 Å². The Hall–Kier alpha value is -3.35. The Labute approximate surface area is 174 Å². The number of carbonyl (C=O) groups is 2. The molecule has 5 rings (SSSR count). The van der Waals surface area contributed by atoms with Crippen molar-refractivity contribution in [2.75, 3.05) is 26.2 Å². The van der Waals surface area contributed by atoms with Gasteiger partial charge in [-0.05, 0) is 30.5 Å². The molecule has 154 valence electrons. The second-order valence-corrected chi connectivity index (χ2v) is 8.33. The van der Waals surface area contributed by atoms with Crippen molar-refractivity contribution in [3.63, 3.8) is 0 Å². The Morgan fingerprint density at radius 1 is 1.07 bits per heavy atom. The second-order valence-electron chi connectivity index (χ2n) is 8.33. The van der Waals surface area contributed by atoms with Gasteiger partial charge in [0.1, 0.15) is 0 Å². The van der Waals surface area contributed by atoms with Crippen LogP contribution < -0.4 is 0 Å². The summed E-state index contributed by atoms with van der Waals surface area (Å²) in [5.74, 6) is 0.835. The molecule has 7 nitrogen and oxygen atoms in total. The molecular formula is C23H24N4O3. The van der Waals surface area contributed by atoms with E-state index < -0.39 is 0 Å². The van der Waals surface area contributed by atoms with E-state index in [4.69, 9.17) is 4.42 Å². The highest BCUT2D eigenvalue weighted by Crippen LogP contribution is 2.46. The average molecular weight is 404 g/mol. The minimum Gasteiger partial charge on any atom is -0.459 e. The molecule has 0 saturated carbocycles. The number of aromatic amines is 1. The summed E-state index contributed by atoms with van der Waals surface area (Å²) in [6, 6.07) is 13.8. The molecule has 2 aliphatic heterocycles. The molecule has 1 aromatic carbocycles. The fourth-order valence-electron chi connectivity index (χ4n) is 4.97. The fraction of sp³-hybridized carbons (Fsp3) is 0.348. The Bertz CT molecular complexity index is 956. The van der Waals surface area contributed by atoms with Crippen LogP contribution in [0.1, 0.15) is 33.2 Å². The number of nitrogens with zero attached hydrogens (tertiary/aromatic N) is 3. The van der Waals surface area contributed by atoms with Gasteiger partial charge in [-0.3, -0.25) is 9.59 Å². The summed E-state index contributed by atoms with van der Waals surface area (Å²) >= 11 is 0. The number of nitrogens with one attached hydrogen (secondary N) is 1. The molecule has 0 bridgehead atoms. The van der Waals surface area contributed by atoms with E-state index in [1.54, 1.807) is 24.5 Å². The molecule has 1 N–H and O–H groups in total. The number of aromatic nitrogens is 2. The highest BCUT2D eigenvalue weighted by Gasteiger charge is 2.54. The standard InChI is InChI=1S/C23H24N4O3/c28-21(19-7-4-12-30-19)26-13-18-14-27(22(29)20-24-10-11-25-20)16-23(18,15-26)9-8-17-5-2-1-3-6-17/h1-7,10-12,18H,8-9,13-16H2,(H,24,25)/t18-,23+/m1/s1. The number of H-pyrrole nitrogens is 1. The first-order chi connectivity index (χ1) is 14.6. The third kappa shape index (κ3) is 3.30. The van der Waals surface area contributed by atoms with Gasteiger partial charge in [-0.25, -0.2) is 4.98 Å². The molecule has 0 aliphatic carbocycles. The zero-order valence-electron chi connectivity index (χ0n) is 16.7. The lowest BCUT2D eigenvalue weighted by molar-refractivity contribution is 0.0688. The Morgan fingerprint density at radius 2 is 1.83 bits per heavy atom. The lowest BCUT2D eigenvalue weighted by Gasteiger charge is -2.29. The highest BCUT2D eigenvalue weighted by molar-refractivity contribution is 5.92. The number of rotatable bonds is 5. The minimum absolute atomic E-state index is 0.0719.